The first-order valence-corrected chi connectivity index (χ1v) is 13.0. The topological polar surface area (TPSA) is 96.6 Å². The number of thiophene rings is 1. The van der Waals surface area contributed by atoms with Crippen molar-refractivity contribution in [1.82, 2.24) is 19.4 Å². The molecule has 4 rings (SSSR count). The normalized spacial score (nSPS) is 15.4. The Morgan fingerprint density at radius 3 is 2.48 bits per heavy atom. The lowest BCUT2D eigenvalue weighted by Gasteiger charge is -2.33. The van der Waals surface area contributed by atoms with Gasteiger partial charge in [-0.25, -0.2) is 8.42 Å². The van der Waals surface area contributed by atoms with E-state index in [4.69, 9.17) is 16.0 Å². The Balaban J connectivity index is 1.29. The maximum atomic E-state index is 12.7. The summed E-state index contributed by atoms with van der Waals surface area (Å²) in [5, 5.41) is 8.34. The first-order valence-electron chi connectivity index (χ1n) is 9.39. The van der Waals surface area contributed by atoms with Gasteiger partial charge < -0.3 is 9.32 Å². The quantitative estimate of drug-likeness (QED) is 0.480. The summed E-state index contributed by atoms with van der Waals surface area (Å²) in [6.45, 7) is 3.14. The van der Waals surface area contributed by atoms with Crippen molar-refractivity contribution >= 4 is 50.6 Å². The Bertz CT molecular complexity index is 1170. The number of thioether (sulfide) groups is 1. The number of aromatic nitrogens is 2. The highest BCUT2D eigenvalue weighted by Gasteiger charge is 2.31. The highest BCUT2D eigenvalue weighted by atomic mass is 35.5. The van der Waals surface area contributed by atoms with Crippen LogP contribution in [0.2, 0.25) is 4.34 Å². The van der Waals surface area contributed by atoms with Crippen LogP contribution in [0.25, 0.3) is 11.5 Å². The summed E-state index contributed by atoms with van der Waals surface area (Å²) in [7, 11) is -3.58. The van der Waals surface area contributed by atoms with Crippen molar-refractivity contribution < 1.29 is 17.6 Å². The lowest BCUT2D eigenvalue weighted by atomic mass is 10.1. The maximum Gasteiger partial charge on any atom is 0.277 e. The molecule has 3 aromatic rings. The van der Waals surface area contributed by atoms with Gasteiger partial charge in [0, 0.05) is 31.7 Å². The number of hydrogen-bond acceptors (Lipinski definition) is 8. The zero-order chi connectivity index (χ0) is 22.0. The van der Waals surface area contributed by atoms with Crippen molar-refractivity contribution in [2.45, 2.75) is 16.4 Å². The Morgan fingerprint density at radius 2 is 1.84 bits per heavy atom. The Morgan fingerprint density at radius 1 is 1.13 bits per heavy atom. The number of carbonyl (C=O) groups excluding carboxylic acids is 1. The Hall–Kier alpha value is -1.92. The van der Waals surface area contributed by atoms with Crippen LogP contribution in [-0.4, -0.2) is 65.7 Å². The minimum atomic E-state index is -3.58. The second kappa shape index (κ2) is 9.29. The van der Waals surface area contributed by atoms with E-state index in [1.165, 1.54) is 22.1 Å². The summed E-state index contributed by atoms with van der Waals surface area (Å²) < 4.78 is 33.0. The summed E-state index contributed by atoms with van der Waals surface area (Å²) in [6, 6.07) is 10.8. The molecular weight excluding hydrogens is 480 g/mol. The highest BCUT2D eigenvalue weighted by molar-refractivity contribution is 7.99. The van der Waals surface area contributed by atoms with Crippen molar-refractivity contribution in [2.24, 2.45) is 0 Å². The lowest BCUT2D eigenvalue weighted by molar-refractivity contribution is -0.129. The molecule has 3 heterocycles. The minimum absolute atomic E-state index is 0.101. The third-order valence-electron chi connectivity index (χ3n) is 4.76. The molecule has 1 amide bonds. The number of amides is 1. The number of rotatable bonds is 6. The minimum Gasteiger partial charge on any atom is -0.411 e. The number of piperazine rings is 1. The van der Waals surface area contributed by atoms with Crippen molar-refractivity contribution in [3.63, 3.8) is 0 Å². The van der Waals surface area contributed by atoms with Gasteiger partial charge in [0.2, 0.25) is 11.8 Å². The lowest BCUT2D eigenvalue weighted by Crippen LogP contribution is -2.50. The molecule has 0 saturated carbocycles. The molecule has 12 heteroatoms. The molecule has 1 saturated heterocycles. The van der Waals surface area contributed by atoms with Gasteiger partial charge in [-0.2, -0.15) is 4.31 Å². The first-order chi connectivity index (χ1) is 14.8. The predicted octanol–water partition coefficient (Wildman–Crippen LogP) is 3.39. The Labute approximate surface area is 193 Å². The molecule has 0 atom stereocenters. The number of nitrogens with zero attached hydrogens (tertiary/aromatic N) is 4. The summed E-state index contributed by atoms with van der Waals surface area (Å²) in [6.07, 6.45) is 0. The van der Waals surface area contributed by atoms with Gasteiger partial charge in [-0.3, -0.25) is 4.79 Å². The predicted molar refractivity (Wildman–Crippen MR) is 120 cm³/mol. The van der Waals surface area contributed by atoms with Gasteiger partial charge >= 0.3 is 0 Å². The third-order valence-corrected chi connectivity index (χ3v) is 9.16. The van der Waals surface area contributed by atoms with Crippen LogP contribution in [0.15, 0.2) is 50.2 Å². The SMILES string of the molecule is Cc1ccc(-c2nnc(SCC(=O)N3CCN(S(=O)(=O)c4ccc(Cl)s4)CC3)o2)cc1. The van der Waals surface area contributed by atoms with Crippen LogP contribution in [-0.2, 0) is 14.8 Å². The van der Waals surface area contributed by atoms with E-state index < -0.39 is 10.0 Å². The van der Waals surface area contributed by atoms with Gasteiger partial charge in [-0.15, -0.1) is 21.5 Å². The standard InChI is InChI=1S/C19H19ClN4O4S3/c1-13-2-4-14(5-3-13)18-21-22-19(28-18)29-12-16(25)23-8-10-24(11-9-23)31(26,27)17-7-6-15(20)30-17/h2-7H,8-12H2,1H3. The smallest absolute Gasteiger partial charge is 0.277 e. The van der Waals surface area contributed by atoms with Crippen LogP contribution >= 0.6 is 34.7 Å². The number of halogens is 1. The molecule has 1 aliphatic rings. The number of benzene rings is 1. The maximum absolute atomic E-state index is 12.7. The first kappa shape index (κ1) is 22.3. The largest absolute Gasteiger partial charge is 0.411 e. The third kappa shape index (κ3) is 5.12. The van der Waals surface area contributed by atoms with Crippen molar-refractivity contribution in [3.05, 3.63) is 46.3 Å². The fourth-order valence-electron chi connectivity index (χ4n) is 3.04. The van der Waals surface area contributed by atoms with Gasteiger partial charge in [0.05, 0.1) is 10.1 Å². The molecule has 1 aliphatic heterocycles. The number of sulfonamides is 1. The van der Waals surface area contributed by atoms with E-state index in [0.29, 0.717) is 28.5 Å². The molecular formula is C19H19ClN4O4S3. The molecule has 2 aromatic heterocycles. The molecule has 0 radical (unpaired) electrons. The van der Waals surface area contributed by atoms with E-state index in [2.05, 4.69) is 10.2 Å². The van der Waals surface area contributed by atoms with Gasteiger partial charge in [0.1, 0.15) is 4.21 Å². The fraction of sp³-hybridized carbons (Fsp3) is 0.316. The van der Waals surface area contributed by atoms with Crippen LogP contribution in [0.5, 0.6) is 0 Å². The monoisotopic (exact) mass is 498 g/mol. The van der Waals surface area contributed by atoms with Gasteiger partial charge in [0.15, 0.2) is 0 Å². The average molecular weight is 499 g/mol. The van der Waals surface area contributed by atoms with E-state index >= 15 is 0 Å². The molecule has 1 aromatic carbocycles. The molecule has 31 heavy (non-hydrogen) atoms. The number of aryl methyl sites for hydroxylation is 1. The average Bonchev–Trinajstić information content (AvgIpc) is 3.42. The van der Waals surface area contributed by atoms with Crippen molar-refractivity contribution in [1.29, 1.82) is 0 Å². The van der Waals surface area contributed by atoms with E-state index in [9.17, 15) is 13.2 Å². The van der Waals surface area contributed by atoms with E-state index in [1.807, 2.05) is 31.2 Å². The van der Waals surface area contributed by atoms with E-state index in [0.717, 1.165) is 22.5 Å². The van der Waals surface area contributed by atoms with Crippen LogP contribution in [0.1, 0.15) is 5.56 Å². The van der Waals surface area contributed by atoms with Crippen LogP contribution in [0.4, 0.5) is 0 Å². The molecule has 0 spiro atoms. The van der Waals surface area contributed by atoms with Crippen LogP contribution in [0.3, 0.4) is 0 Å². The molecule has 0 aliphatic carbocycles. The Kier molecular flexibility index (Phi) is 6.68. The molecule has 0 unspecified atom stereocenters. The summed E-state index contributed by atoms with van der Waals surface area (Å²) in [5.74, 6) is 0.446. The van der Waals surface area contributed by atoms with Crippen molar-refractivity contribution in [3.8, 4) is 11.5 Å². The van der Waals surface area contributed by atoms with Crippen LogP contribution < -0.4 is 0 Å². The zero-order valence-corrected chi connectivity index (χ0v) is 19.7. The van der Waals surface area contributed by atoms with Gasteiger partial charge in [0.25, 0.3) is 15.2 Å². The molecule has 8 nitrogen and oxygen atoms in total. The second-order valence-corrected chi connectivity index (χ2v) is 11.7. The molecule has 1 fully saturated rings. The van der Waals surface area contributed by atoms with Crippen LogP contribution in [0, 0.1) is 6.92 Å². The van der Waals surface area contributed by atoms with E-state index in [-0.39, 0.29) is 29.0 Å². The summed E-state index contributed by atoms with van der Waals surface area (Å²) >= 11 is 8.06. The zero-order valence-electron chi connectivity index (χ0n) is 16.5. The van der Waals surface area contributed by atoms with E-state index in [1.54, 1.807) is 11.0 Å². The van der Waals surface area contributed by atoms with Gasteiger partial charge in [-0.1, -0.05) is 41.1 Å². The second-order valence-electron chi connectivity index (χ2n) is 6.87. The number of carbonyl (C=O) groups is 1. The van der Waals surface area contributed by atoms with Gasteiger partial charge in [-0.05, 0) is 31.2 Å². The summed E-state index contributed by atoms with van der Waals surface area (Å²) in [5.41, 5.74) is 1.95. The highest BCUT2D eigenvalue weighted by Crippen LogP contribution is 2.29. The summed E-state index contributed by atoms with van der Waals surface area (Å²) in [4.78, 5) is 14.2. The number of hydrogen-bond donors (Lipinski definition) is 0. The fourth-order valence-corrected chi connectivity index (χ4v) is 6.76. The molecule has 0 N–H and O–H groups in total. The molecule has 0 bridgehead atoms. The molecule has 164 valence electrons. The van der Waals surface area contributed by atoms with Crippen molar-refractivity contribution in [2.75, 3.05) is 31.9 Å².